The molecule has 4 rings (SSSR count). The summed E-state index contributed by atoms with van der Waals surface area (Å²) in [7, 11) is 1.65. The number of ether oxygens (including phenoxy) is 1. The largest absolute Gasteiger partial charge is 0.433 e. The van der Waals surface area contributed by atoms with E-state index in [9.17, 15) is 18.0 Å². The first-order valence-electron chi connectivity index (χ1n) is 8.32. The molecule has 4 heterocycles. The molecule has 3 aromatic heterocycles. The number of aryl methyl sites for hydroxylation is 2. The number of morpholine rings is 1. The zero-order chi connectivity index (χ0) is 20.1. The fourth-order valence-corrected chi connectivity index (χ4v) is 3.07. The van der Waals surface area contributed by atoms with Gasteiger partial charge in [-0.3, -0.25) is 4.79 Å². The van der Waals surface area contributed by atoms with Gasteiger partial charge in [0.1, 0.15) is 11.8 Å². The molecule has 0 saturated carbocycles. The highest BCUT2D eigenvalue weighted by molar-refractivity contribution is 5.93. The second-order valence-corrected chi connectivity index (χ2v) is 6.35. The highest BCUT2D eigenvalue weighted by Gasteiger charge is 2.36. The predicted octanol–water partition coefficient (Wildman–Crippen LogP) is 0.794. The van der Waals surface area contributed by atoms with E-state index in [2.05, 4.69) is 25.6 Å². The number of alkyl halides is 3. The maximum atomic E-state index is 13.3. The van der Waals surface area contributed by atoms with Gasteiger partial charge in [0.25, 0.3) is 5.91 Å². The molecular weight excluding hydrogens is 381 g/mol. The zero-order valence-electron chi connectivity index (χ0n) is 14.9. The molecule has 0 bridgehead atoms. The van der Waals surface area contributed by atoms with Crippen molar-refractivity contribution in [3.63, 3.8) is 0 Å². The minimum atomic E-state index is -4.62. The van der Waals surface area contributed by atoms with Crippen LogP contribution in [0.25, 0.3) is 5.65 Å². The summed E-state index contributed by atoms with van der Waals surface area (Å²) in [5.41, 5.74) is -0.975. The number of aromatic nitrogens is 7. The van der Waals surface area contributed by atoms with Gasteiger partial charge in [-0.15, -0.1) is 5.10 Å². The number of halogens is 3. The summed E-state index contributed by atoms with van der Waals surface area (Å²) in [6, 6.07) is 2.14. The summed E-state index contributed by atoms with van der Waals surface area (Å²) in [6.45, 7) is 2.11. The summed E-state index contributed by atoms with van der Waals surface area (Å²) in [6.07, 6.45) is -5.17. The van der Waals surface area contributed by atoms with Crippen molar-refractivity contribution >= 4 is 11.6 Å². The van der Waals surface area contributed by atoms with Crippen molar-refractivity contribution in [3.05, 3.63) is 35.0 Å². The monoisotopic (exact) mass is 396 g/mol. The molecule has 28 heavy (non-hydrogen) atoms. The van der Waals surface area contributed by atoms with Gasteiger partial charge in [0, 0.05) is 25.4 Å². The molecule has 1 amide bonds. The first kappa shape index (κ1) is 18.3. The summed E-state index contributed by atoms with van der Waals surface area (Å²) in [4.78, 5) is 18.3. The molecule has 0 spiro atoms. The zero-order valence-corrected chi connectivity index (χ0v) is 14.9. The molecule has 1 aliphatic heterocycles. The smallest absolute Gasteiger partial charge is 0.366 e. The van der Waals surface area contributed by atoms with Gasteiger partial charge in [-0.25, -0.2) is 14.2 Å². The van der Waals surface area contributed by atoms with E-state index in [4.69, 9.17) is 4.74 Å². The number of amides is 1. The number of carbonyl (C=O) groups is 1. The number of tetrazole rings is 1. The third kappa shape index (κ3) is 3.17. The van der Waals surface area contributed by atoms with Crippen LogP contribution in [0.5, 0.6) is 0 Å². The van der Waals surface area contributed by atoms with Gasteiger partial charge in [0.2, 0.25) is 0 Å². The Kier molecular flexibility index (Phi) is 4.25. The Labute approximate surface area is 155 Å². The fraction of sp³-hybridized carbons (Fsp3) is 0.467. The Hall–Kier alpha value is -3.09. The van der Waals surface area contributed by atoms with Crippen LogP contribution in [0.15, 0.2) is 12.1 Å². The van der Waals surface area contributed by atoms with Crippen molar-refractivity contribution in [1.29, 1.82) is 0 Å². The van der Waals surface area contributed by atoms with Gasteiger partial charge >= 0.3 is 6.18 Å². The van der Waals surface area contributed by atoms with Crippen molar-refractivity contribution in [2.24, 2.45) is 7.05 Å². The van der Waals surface area contributed by atoms with Gasteiger partial charge in [0.15, 0.2) is 17.2 Å². The van der Waals surface area contributed by atoms with Crippen LogP contribution in [0.4, 0.5) is 13.2 Å². The normalized spacial score (nSPS) is 18.0. The summed E-state index contributed by atoms with van der Waals surface area (Å²) >= 11 is 0. The lowest BCUT2D eigenvalue weighted by atomic mass is 10.2. The maximum Gasteiger partial charge on any atom is 0.433 e. The standard InChI is InChI=1S/C15H15F3N8O2/c1-8-5-11(15(16,17)18)26-12(19-8)6-9(21-26)14(27)25-3-4-28-10(7-25)13-20-22-23-24(13)2/h5-6,10H,3-4,7H2,1-2H3. The van der Waals surface area contributed by atoms with Crippen molar-refractivity contribution in [3.8, 4) is 0 Å². The number of hydrogen-bond donors (Lipinski definition) is 0. The fourth-order valence-electron chi connectivity index (χ4n) is 3.07. The SMILES string of the molecule is Cc1cc(C(F)(F)F)n2nc(C(=O)N3CCOC(c4nnnn4C)C3)cc2n1. The number of carbonyl (C=O) groups excluding carboxylic acids is 1. The van der Waals surface area contributed by atoms with Crippen molar-refractivity contribution in [1.82, 2.24) is 39.7 Å². The molecule has 1 unspecified atom stereocenters. The van der Waals surface area contributed by atoms with Crippen LogP contribution in [-0.2, 0) is 18.0 Å². The highest BCUT2D eigenvalue weighted by atomic mass is 19.4. The molecule has 1 saturated heterocycles. The minimum Gasteiger partial charge on any atom is -0.366 e. The summed E-state index contributed by atoms with van der Waals surface area (Å²) < 4.78 is 47.6. The van der Waals surface area contributed by atoms with Crippen molar-refractivity contribution in [2.45, 2.75) is 19.2 Å². The third-order valence-corrected chi connectivity index (χ3v) is 4.36. The first-order chi connectivity index (χ1) is 13.2. The molecule has 1 atom stereocenters. The lowest BCUT2D eigenvalue weighted by molar-refractivity contribution is -0.142. The second kappa shape index (κ2) is 6.51. The van der Waals surface area contributed by atoms with Crippen LogP contribution in [0.1, 0.15) is 33.8 Å². The molecule has 0 aliphatic carbocycles. The van der Waals surface area contributed by atoms with Crippen LogP contribution in [-0.4, -0.2) is 65.3 Å². The number of hydrogen-bond acceptors (Lipinski definition) is 7. The van der Waals surface area contributed by atoms with Crippen LogP contribution in [0, 0.1) is 6.92 Å². The number of rotatable bonds is 2. The van der Waals surface area contributed by atoms with Gasteiger partial charge in [-0.1, -0.05) is 0 Å². The Morgan fingerprint density at radius 1 is 1.32 bits per heavy atom. The quantitative estimate of drug-likeness (QED) is 0.631. The first-order valence-corrected chi connectivity index (χ1v) is 8.32. The van der Waals surface area contributed by atoms with Crippen LogP contribution >= 0.6 is 0 Å². The molecule has 0 aromatic carbocycles. The van der Waals surface area contributed by atoms with E-state index in [-0.39, 0.29) is 36.7 Å². The van der Waals surface area contributed by atoms with Crippen LogP contribution in [0.2, 0.25) is 0 Å². The number of nitrogens with zero attached hydrogens (tertiary/aromatic N) is 8. The van der Waals surface area contributed by atoms with Crippen molar-refractivity contribution in [2.75, 3.05) is 19.7 Å². The Morgan fingerprint density at radius 3 is 2.79 bits per heavy atom. The average molecular weight is 396 g/mol. The molecule has 1 fully saturated rings. The summed E-state index contributed by atoms with van der Waals surface area (Å²) in [5.74, 6) is -0.0659. The molecule has 13 heteroatoms. The Bertz CT molecular complexity index is 1040. The molecular formula is C15H15F3N8O2. The minimum absolute atomic E-state index is 0.0435. The molecule has 10 nitrogen and oxygen atoms in total. The molecule has 148 valence electrons. The van der Waals surface area contributed by atoms with Gasteiger partial charge in [-0.2, -0.15) is 18.3 Å². The van der Waals surface area contributed by atoms with E-state index in [1.807, 2.05) is 0 Å². The highest BCUT2D eigenvalue weighted by Crippen LogP contribution is 2.30. The van der Waals surface area contributed by atoms with E-state index in [1.165, 1.54) is 22.6 Å². The molecule has 0 N–H and O–H groups in total. The second-order valence-electron chi connectivity index (χ2n) is 6.35. The lowest BCUT2D eigenvalue weighted by Crippen LogP contribution is -2.43. The predicted molar refractivity (Wildman–Crippen MR) is 86.1 cm³/mol. The van der Waals surface area contributed by atoms with Crippen LogP contribution in [0.3, 0.4) is 0 Å². The van der Waals surface area contributed by atoms with E-state index < -0.39 is 23.9 Å². The van der Waals surface area contributed by atoms with E-state index in [0.717, 1.165) is 6.07 Å². The summed E-state index contributed by atoms with van der Waals surface area (Å²) in [5, 5.41) is 15.0. The lowest BCUT2D eigenvalue weighted by Gasteiger charge is -2.31. The third-order valence-electron chi connectivity index (χ3n) is 4.36. The molecule has 0 radical (unpaired) electrons. The van der Waals surface area contributed by atoms with Gasteiger partial charge in [0.05, 0.1) is 13.2 Å². The Morgan fingerprint density at radius 2 is 2.11 bits per heavy atom. The van der Waals surface area contributed by atoms with E-state index in [0.29, 0.717) is 10.3 Å². The van der Waals surface area contributed by atoms with E-state index >= 15 is 0 Å². The number of fused-ring (bicyclic) bond motifs is 1. The van der Waals surface area contributed by atoms with Crippen LogP contribution < -0.4 is 0 Å². The molecule has 1 aliphatic rings. The van der Waals surface area contributed by atoms with E-state index in [1.54, 1.807) is 7.05 Å². The molecule has 3 aromatic rings. The van der Waals surface area contributed by atoms with Gasteiger partial charge < -0.3 is 9.64 Å². The maximum absolute atomic E-state index is 13.3. The van der Waals surface area contributed by atoms with Gasteiger partial charge in [-0.05, 0) is 23.4 Å². The van der Waals surface area contributed by atoms with Crippen molar-refractivity contribution < 1.29 is 22.7 Å². The Balaban J connectivity index is 1.64. The topological polar surface area (TPSA) is 103 Å². The average Bonchev–Trinajstić information content (AvgIpc) is 3.25.